The van der Waals surface area contributed by atoms with E-state index in [-0.39, 0.29) is 24.4 Å². The van der Waals surface area contributed by atoms with Crippen molar-refractivity contribution < 1.29 is 4.79 Å². The molecule has 1 fully saturated rings. The number of nitrogens with one attached hydrogen (secondary N) is 2. The van der Waals surface area contributed by atoms with Crippen LogP contribution in [0.4, 0.5) is 0 Å². The zero-order valence-electron chi connectivity index (χ0n) is 11.1. The van der Waals surface area contributed by atoms with E-state index in [1.807, 2.05) is 14.0 Å². The van der Waals surface area contributed by atoms with E-state index in [4.69, 9.17) is 0 Å². The lowest BCUT2D eigenvalue weighted by Crippen LogP contribution is -2.50. The molecule has 102 valence electrons. The van der Waals surface area contributed by atoms with E-state index >= 15 is 0 Å². The molecule has 18 heavy (non-hydrogen) atoms. The van der Waals surface area contributed by atoms with Crippen molar-refractivity contribution in [3.05, 3.63) is 17.5 Å². The molecule has 0 saturated carbocycles. The number of hydrogen-bond donors (Lipinski definition) is 2. The molecular formula is C12H21ClN4O. The van der Waals surface area contributed by atoms with Crippen molar-refractivity contribution in [1.29, 1.82) is 0 Å². The molecule has 2 N–H and O–H groups in total. The van der Waals surface area contributed by atoms with Crippen LogP contribution in [0, 0.1) is 12.8 Å². The van der Waals surface area contributed by atoms with Crippen molar-refractivity contribution in [1.82, 2.24) is 20.4 Å². The molecule has 2 unspecified atom stereocenters. The van der Waals surface area contributed by atoms with E-state index < -0.39 is 0 Å². The van der Waals surface area contributed by atoms with E-state index in [1.165, 1.54) is 0 Å². The highest BCUT2D eigenvalue weighted by atomic mass is 35.5. The third-order valence-corrected chi connectivity index (χ3v) is 3.40. The number of carbonyl (C=O) groups is 1. The normalized spacial score (nSPS) is 23.3. The summed E-state index contributed by atoms with van der Waals surface area (Å²) in [6, 6.07) is 0.218. The first-order valence-corrected chi connectivity index (χ1v) is 6.09. The smallest absolute Gasteiger partial charge is 0.255 e. The topological polar surface area (TPSA) is 59.0 Å². The highest BCUT2D eigenvalue weighted by Crippen LogP contribution is 2.12. The highest BCUT2D eigenvalue weighted by Gasteiger charge is 2.24. The van der Waals surface area contributed by atoms with E-state index in [1.54, 1.807) is 10.9 Å². The molecule has 0 radical (unpaired) electrons. The number of rotatable bonds is 2. The summed E-state index contributed by atoms with van der Waals surface area (Å²) >= 11 is 0. The Morgan fingerprint density at radius 2 is 2.33 bits per heavy atom. The second kappa shape index (κ2) is 6.20. The lowest BCUT2D eigenvalue weighted by Gasteiger charge is -2.30. The second-order valence-corrected chi connectivity index (χ2v) is 4.85. The molecule has 2 atom stereocenters. The minimum absolute atomic E-state index is 0. The van der Waals surface area contributed by atoms with Crippen molar-refractivity contribution in [3.63, 3.8) is 0 Å². The molecule has 1 aromatic heterocycles. The van der Waals surface area contributed by atoms with Crippen LogP contribution in [0.1, 0.15) is 29.4 Å². The van der Waals surface area contributed by atoms with E-state index in [9.17, 15) is 4.79 Å². The Morgan fingerprint density at radius 1 is 1.61 bits per heavy atom. The van der Waals surface area contributed by atoms with Gasteiger partial charge in [-0.2, -0.15) is 5.10 Å². The van der Waals surface area contributed by atoms with Gasteiger partial charge in [-0.3, -0.25) is 9.48 Å². The van der Waals surface area contributed by atoms with Crippen LogP contribution in [0.2, 0.25) is 0 Å². The highest BCUT2D eigenvalue weighted by molar-refractivity contribution is 5.95. The maximum absolute atomic E-state index is 12.1. The number of hydrogen-bond acceptors (Lipinski definition) is 3. The fourth-order valence-electron chi connectivity index (χ4n) is 2.25. The van der Waals surface area contributed by atoms with Gasteiger partial charge in [-0.25, -0.2) is 0 Å². The quantitative estimate of drug-likeness (QED) is 0.840. The van der Waals surface area contributed by atoms with Gasteiger partial charge >= 0.3 is 0 Å². The van der Waals surface area contributed by atoms with Crippen LogP contribution in [0.25, 0.3) is 0 Å². The van der Waals surface area contributed by atoms with Gasteiger partial charge in [0.2, 0.25) is 0 Å². The molecule has 2 rings (SSSR count). The third kappa shape index (κ3) is 3.23. The molecule has 1 saturated heterocycles. The van der Waals surface area contributed by atoms with Crippen LogP contribution in [0.15, 0.2) is 6.20 Å². The monoisotopic (exact) mass is 272 g/mol. The first-order chi connectivity index (χ1) is 8.08. The number of carbonyl (C=O) groups excluding carboxylic acids is 1. The molecule has 0 spiro atoms. The first-order valence-electron chi connectivity index (χ1n) is 6.09. The maximum Gasteiger partial charge on any atom is 0.255 e. The fraction of sp³-hybridized carbons (Fsp3) is 0.667. The van der Waals surface area contributed by atoms with Crippen LogP contribution in [-0.4, -0.2) is 34.8 Å². The molecule has 1 aliphatic heterocycles. The van der Waals surface area contributed by atoms with E-state index in [0.29, 0.717) is 11.5 Å². The molecule has 0 bridgehead atoms. The molecule has 1 amide bonds. The largest absolute Gasteiger partial charge is 0.348 e. The Kier molecular flexibility index (Phi) is 5.16. The minimum Gasteiger partial charge on any atom is -0.348 e. The van der Waals surface area contributed by atoms with Gasteiger partial charge in [0, 0.05) is 25.8 Å². The molecule has 0 aromatic carbocycles. The molecule has 2 heterocycles. The number of aryl methyl sites for hydroxylation is 2. The average Bonchev–Trinajstić information content (AvgIpc) is 2.61. The summed E-state index contributed by atoms with van der Waals surface area (Å²) in [6.45, 7) is 5.94. The van der Waals surface area contributed by atoms with E-state index in [2.05, 4.69) is 22.7 Å². The van der Waals surface area contributed by atoms with Gasteiger partial charge in [-0.1, -0.05) is 6.92 Å². The second-order valence-electron chi connectivity index (χ2n) is 4.85. The molecule has 6 heteroatoms. The van der Waals surface area contributed by atoms with Crippen LogP contribution >= 0.6 is 12.4 Å². The van der Waals surface area contributed by atoms with Crippen molar-refractivity contribution >= 4 is 18.3 Å². The summed E-state index contributed by atoms with van der Waals surface area (Å²) < 4.78 is 1.67. The zero-order valence-corrected chi connectivity index (χ0v) is 11.9. The van der Waals surface area contributed by atoms with Gasteiger partial charge < -0.3 is 10.6 Å². The van der Waals surface area contributed by atoms with Crippen molar-refractivity contribution in [2.45, 2.75) is 26.3 Å². The van der Waals surface area contributed by atoms with Gasteiger partial charge in [0.1, 0.15) is 0 Å². The molecule has 1 aromatic rings. The average molecular weight is 273 g/mol. The third-order valence-electron chi connectivity index (χ3n) is 3.40. The lowest BCUT2D eigenvalue weighted by atomic mass is 9.94. The van der Waals surface area contributed by atoms with Crippen molar-refractivity contribution in [3.8, 4) is 0 Å². The standard InChI is InChI=1S/C12H20N4O.ClH/c1-8-4-5-13-6-11(8)14-12(17)10-7-16(3)15-9(10)2;/h7-8,11,13H,4-6H2,1-3H3,(H,14,17);1H. The van der Waals surface area contributed by atoms with Gasteiger partial charge in [-0.05, 0) is 25.8 Å². The van der Waals surface area contributed by atoms with Gasteiger partial charge in [0.05, 0.1) is 11.3 Å². The number of aromatic nitrogens is 2. The zero-order chi connectivity index (χ0) is 12.4. The lowest BCUT2D eigenvalue weighted by molar-refractivity contribution is 0.0914. The number of amides is 1. The Bertz CT molecular complexity index is 418. The molecule has 5 nitrogen and oxygen atoms in total. The first kappa shape index (κ1) is 15.0. The summed E-state index contributed by atoms with van der Waals surface area (Å²) in [5.74, 6) is 0.508. The maximum atomic E-state index is 12.1. The van der Waals surface area contributed by atoms with Gasteiger partial charge in [-0.15, -0.1) is 12.4 Å². The summed E-state index contributed by atoms with van der Waals surface area (Å²) in [5, 5.41) is 10.6. The Morgan fingerprint density at radius 3 is 2.89 bits per heavy atom. The Hall–Kier alpha value is -1.07. The van der Waals surface area contributed by atoms with Crippen LogP contribution < -0.4 is 10.6 Å². The van der Waals surface area contributed by atoms with Gasteiger partial charge in [0.25, 0.3) is 5.91 Å². The number of nitrogens with zero attached hydrogens (tertiary/aromatic N) is 2. The predicted molar refractivity (Wildman–Crippen MR) is 73.1 cm³/mol. The SMILES string of the molecule is Cc1nn(C)cc1C(=O)NC1CNCCC1C.Cl. The van der Waals surface area contributed by atoms with E-state index in [0.717, 1.165) is 25.2 Å². The summed E-state index contributed by atoms with van der Waals surface area (Å²) in [7, 11) is 1.83. The summed E-state index contributed by atoms with van der Waals surface area (Å²) in [5.41, 5.74) is 1.45. The van der Waals surface area contributed by atoms with Crippen molar-refractivity contribution in [2.75, 3.05) is 13.1 Å². The van der Waals surface area contributed by atoms with Crippen molar-refractivity contribution in [2.24, 2.45) is 13.0 Å². The molecule has 1 aliphatic rings. The Labute approximate surface area is 114 Å². The molecular weight excluding hydrogens is 252 g/mol. The minimum atomic E-state index is -0.0175. The number of piperidine rings is 1. The van der Waals surface area contributed by atoms with Crippen LogP contribution in [0.5, 0.6) is 0 Å². The fourth-order valence-corrected chi connectivity index (χ4v) is 2.25. The molecule has 0 aliphatic carbocycles. The number of halogens is 1. The summed E-state index contributed by atoms with van der Waals surface area (Å²) in [4.78, 5) is 12.1. The Balaban J connectivity index is 0.00000162. The van der Waals surface area contributed by atoms with Gasteiger partial charge in [0.15, 0.2) is 0 Å². The summed E-state index contributed by atoms with van der Waals surface area (Å²) in [6.07, 6.45) is 2.88. The van der Waals surface area contributed by atoms with Crippen LogP contribution in [-0.2, 0) is 7.05 Å². The predicted octanol–water partition coefficient (Wildman–Crippen LogP) is 0.878. The van der Waals surface area contributed by atoms with Crippen LogP contribution in [0.3, 0.4) is 0 Å².